The van der Waals surface area contributed by atoms with Crippen LogP contribution in [0.1, 0.15) is 6.23 Å². The van der Waals surface area contributed by atoms with Crippen molar-refractivity contribution in [3.63, 3.8) is 0 Å². The molecule has 0 spiro atoms. The molecule has 0 aromatic carbocycles. The zero-order valence-corrected chi connectivity index (χ0v) is 17.7. The van der Waals surface area contributed by atoms with E-state index in [2.05, 4.69) is 18.1 Å². The fourth-order valence-corrected chi connectivity index (χ4v) is 5.60. The molecule has 0 bridgehead atoms. The number of aromatic nitrogens is 2. The van der Waals surface area contributed by atoms with Crippen LogP contribution < -0.4 is 5.73 Å². The summed E-state index contributed by atoms with van der Waals surface area (Å²) in [6, 6.07) is 1.11. The van der Waals surface area contributed by atoms with E-state index < -0.39 is 59.2 Å². The molecule has 2 heterocycles. The summed E-state index contributed by atoms with van der Waals surface area (Å²) in [4.78, 5) is 39.1. The van der Waals surface area contributed by atoms with E-state index in [-0.39, 0.29) is 5.82 Å². The second-order valence-electron chi connectivity index (χ2n) is 5.60. The maximum absolute atomic E-state index is 15.1. The lowest BCUT2D eigenvalue weighted by atomic mass is 10.0. The lowest BCUT2D eigenvalue weighted by molar-refractivity contribution is -0.135. The summed E-state index contributed by atoms with van der Waals surface area (Å²) in [5.74, 6) is -0.0932. The van der Waals surface area contributed by atoms with Gasteiger partial charge in [0.05, 0.1) is 0 Å². The fraction of sp³-hybridized carbons (Fsp3) is 0.556. The van der Waals surface area contributed by atoms with Crippen molar-refractivity contribution in [3.05, 3.63) is 17.0 Å². The van der Waals surface area contributed by atoms with Gasteiger partial charge in [-0.25, -0.2) is 27.5 Å². The average molecular weight is 519 g/mol. The van der Waals surface area contributed by atoms with Gasteiger partial charge in [-0.3, -0.25) is 9.09 Å². The number of aliphatic hydroxyl groups is 1. The molecule has 6 atom stereocenters. The Kier molecular flexibility index (Phi) is 7.39. The van der Waals surface area contributed by atoms with Gasteiger partial charge >= 0.3 is 23.5 Å². The molecule has 15 nitrogen and oxygen atoms in total. The number of nitrogen functional groups attached to an aromatic ring is 1. The average Bonchev–Trinajstić information content (AvgIpc) is 2.76. The molecule has 21 heteroatoms. The molecule has 7 N–H and O–H groups in total. The fourth-order valence-electron chi connectivity index (χ4n) is 2.25. The Morgan fingerprint density at radius 2 is 1.87 bits per heavy atom. The van der Waals surface area contributed by atoms with Crippen LogP contribution in [0, 0.1) is 4.77 Å². The molecule has 0 radical (unpaired) electrons. The summed E-state index contributed by atoms with van der Waals surface area (Å²) >= 11 is 4.83. The van der Waals surface area contributed by atoms with Crippen LogP contribution in [-0.2, 0) is 31.6 Å². The van der Waals surface area contributed by atoms with Crippen LogP contribution in [0.25, 0.3) is 0 Å². The van der Waals surface area contributed by atoms with Crippen molar-refractivity contribution in [1.29, 1.82) is 0 Å². The minimum atomic E-state index is -5.89. The quantitative estimate of drug-likeness (QED) is 0.202. The van der Waals surface area contributed by atoms with Crippen molar-refractivity contribution in [1.82, 2.24) is 9.55 Å². The lowest BCUT2D eigenvalue weighted by Gasteiger charge is -2.26. The van der Waals surface area contributed by atoms with Crippen molar-refractivity contribution >= 4 is 41.5 Å². The first-order valence-corrected chi connectivity index (χ1v) is 12.2. The number of halogens is 2. The first-order valence-electron chi connectivity index (χ1n) is 7.25. The second-order valence-corrected chi connectivity index (χ2v) is 10.3. The first-order chi connectivity index (χ1) is 13.5. The Labute approximate surface area is 170 Å². The van der Waals surface area contributed by atoms with E-state index in [0.717, 1.165) is 12.3 Å². The van der Waals surface area contributed by atoms with Crippen molar-refractivity contribution in [2.75, 3.05) is 12.4 Å². The van der Waals surface area contributed by atoms with Crippen LogP contribution in [-0.4, -0.2) is 59.0 Å². The smallest absolute Gasteiger partial charge is 0.384 e. The van der Waals surface area contributed by atoms with Crippen LogP contribution in [0.2, 0.25) is 0 Å². The molecular formula is C9H14F2N3O12P3S. The summed E-state index contributed by atoms with van der Waals surface area (Å²) < 4.78 is 78.6. The first kappa shape index (κ1) is 25.5. The van der Waals surface area contributed by atoms with E-state index in [1.165, 1.54) is 0 Å². The molecule has 1 aromatic rings. The number of nitrogens with zero attached hydrogens (tertiary/aromatic N) is 2. The molecule has 2 rings (SSSR count). The molecule has 1 fully saturated rings. The molecular weight excluding hydrogens is 505 g/mol. The zero-order valence-electron chi connectivity index (χ0n) is 14.2. The van der Waals surface area contributed by atoms with Crippen molar-refractivity contribution in [3.8, 4) is 0 Å². The summed E-state index contributed by atoms with van der Waals surface area (Å²) in [5.41, 5.74) is 2.08. The Hall–Kier alpha value is -0.710. The van der Waals surface area contributed by atoms with E-state index in [1.807, 2.05) is 0 Å². The minimum Gasteiger partial charge on any atom is -0.384 e. The van der Waals surface area contributed by atoms with Gasteiger partial charge in [0, 0.05) is 6.20 Å². The molecule has 30 heavy (non-hydrogen) atoms. The van der Waals surface area contributed by atoms with E-state index in [4.69, 9.17) is 37.4 Å². The lowest BCUT2D eigenvalue weighted by Crippen LogP contribution is -2.45. The number of ether oxygens (including phenoxy) is 1. The Morgan fingerprint density at radius 3 is 2.37 bits per heavy atom. The summed E-state index contributed by atoms with van der Waals surface area (Å²) in [7, 11) is -17.4. The van der Waals surface area contributed by atoms with E-state index in [1.54, 1.807) is 0 Å². The third kappa shape index (κ3) is 5.95. The maximum Gasteiger partial charge on any atom is 0.490 e. The summed E-state index contributed by atoms with van der Waals surface area (Å²) in [5, 5.41) is 10.0. The van der Waals surface area contributed by atoms with Gasteiger partial charge in [0.25, 0.3) is 0 Å². The summed E-state index contributed by atoms with van der Waals surface area (Å²) in [6.07, 6.45) is -6.19. The number of anilines is 1. The highest BCUT2D eigenvalue weighted by atomic mass is 32.1. The van der Waals surface area contributed by atoms with E-state index in [0.29, 0.717) is 4.57 Å². The zero-order chi connectivity index (χ0) is 23.1. The third-order valence-corrected chi connectivity index (χ3v) is 7.49. The number of nitrogens with two attached hydrogens (primary N) is 1. The van der Waals surface area contributed by atoms with Crippen molar-refractivity contribution in [2.45, 2.75) is 24.3 Å². The number of rotatable bonds is 8. The van der Waals surface area contributed by atoms with Gasteiger partial charge in [0.15, 0.2) is 6.23 Å². The van der Waals surface area contributed by atoms with Crippen LogP contribution in [0.4, 0.5) is 14.6 Å². The van der Waals surface area contributed by atoms with Crippen molar-refractivity contribution < 1.29 is 65.0 Å². The largest absolute Gasteiger partial charge is 0.490 e. The molecule has 1 aliphatic heterocycles. The van der Waals surface area contributed by atoms with Crippen molar-refractivity contribution in [2.24, 2.45) is 0 Å². The molecule has 1 aliphatic rings. The molecule has 0 aliphatic carbocycles. The number of alkyl halides is 2. The van der Waals surface area contributed by atoms with E-state index in [9.17, 15) is 28.1 Å². The number of phosphoric acid groups is 3. The Balaban J connectivity index is 2.28. The molecule has 1 saturated heterocycles. The van der Waals surface area contributed by atoms with Crippen LogP contribution in [0.3, 0.4) is 0 Å². The number of hydrogen-bond acceptors (Lipinski definition) is 11. The SMILES string of the molecule is Nc1ccn([C@@H]2O[C@H](OP(=O)(O)OP(=O)(O)OP(=O)(O)O)[C@H](O)C2(F)CF)c(=S)n1. The maximum atomic E-state index is 15.1. The van der Waals surface area contributed by atoms with Gasteiger partial charge in [-0.15, -0.1) is 0 Å². The summed E-state index contributed by atoms with van der Waals surface area (Å²) in [6.45, 7) is -1.92. The Bertz CT molecular complexity index is 1010. The normalized spacial score (nSPS) is 31.2. The standard InChI is InChI=1S/C9H14F2N3O12P3S/c10-3-9(11)5(15)6(23-7(9)14-2-1-4(12)13-8(14)30)24-28(19,20)26-29(21,22)25-27(16,17)18/h1-2,5-7,15H,3H2,(H,19,20)(H,21,22)(H2,12,13,30)(H2,16,17,18)/t5-,6+,7+,9?/m0/s1. The highest BCUT2D eigenvalue weighted by molar-refractivity contribution is 7.71. The van der Waals surface area contributed by atoms with Gasteiger partial charge in [0.1, 0.15) is 18.6 Å². The second kappa shape index (κ2) is 8.67. The predicted octanol–water partition coefficient (Wildman–Crippen LogP) is 0.432. The van der Waals surface area contributed by atoms with Gasteiger partial charge in [0.2, 0.25) is 16.7 Å². The molecule has 172 valence electrons. The topological polar surface area (TPSA) is 233 Å². The molecule has 0 saturated carbocycles. The predicted molar refractivity (Wildman–Crippen MR) is 92.2 cm³/mol. The Morgan fingerprint density at radius 1 is 1.27 bits per heavy atom. The van der Waals surface area contributed by atoms with Gasteiger partial charge < -0.3 is 35.2 Å². The molecule has 0 amide bonds. The third-order valence-electron chi connectivity index (χ3n) is 3.39. The minimum absolute atomic E-state index is 0.0932. The van der Waals surface area contributed by atoms with Gasteiger partial charge in [-0.05, 0) is 18.3 Å². The molecule has 1 aromatic heterocycles. The van der Waals surface area contributed by atoms with Crippen LogP contribution in [0.15, 0.2) is 12.3 Å². The van der Waals surface area contributed by atoms with Gasteiger partial charge in [-0.1, -0.05) is 0 Å². The highest BCUT2D eigenvalue weighted by Crippen LogP contribution is 2.67. The number of phosphoric ester groups is 1. The van der Waals surface area contributed by atoms with Crippen LogP contribution >= 0.6 is 35.7 Å². The molecule has 3 unspecified atom stereocenters. The van der Waals surface area contributed by atoms with Gasteiger partial charge in [-0.2, -0.15) is 8.62 Å². The highest BCUT2D eigenvalue weighted by Gasteiger charge is 2.61. The van der Waals surface area contributed by atoms with Crippen LogP contribution in [0.5, 0.6) is 0 Å². The monoisotopic (exact) mass is 519 g/mol. The number of hydrogen-bond donors (Lipinski definition) is 6. The van der Waals surface area contributed by atoms with E-state index >= 15 is 4.39 Å². The number of aliphatic hydroxyl groups excluding tert-OH is 1.